The number of alkyl halides is 3. The number of rotatable bonds is 4. The maximum absolute atomic E-state index is 13.0. The van der Waals surface area contributed by atoms with Crippen LogP contribution in [-0.2, 0) is 10.9 Å². The average Bonchev–Trinajstić information content (AvgIpc) is 2.92. The molecule has 0 fully saturated rings. The fourth-order valence-electron chi connectivity index (χ4n) is 1.71. The number of halogens is 4. The van der Waals surface area contributed by atoms with Crippen molar-refractivity contribution in [1.29, 1.82) is 0 Å². The number of carbonyl (C=O) groups is 2. The number of hydrogen-bond donors (Lipinski definition) is 1. The lowest BCUT2D eigenvalue weighted by Gasteiger charge is -2.05. The van der Waals surface area contributed by atoms with E-state index in [1.807, 2.05) is 0 Å². The monoisotopic (exact) mass is 378 g/mol. The Kier molecular flexibility index (Phi) is 5.45. The second-order valence-corrected chi connectivity index (χ2v) is 5.76. The number of aromatic nitrogens is 1. The van der Waals surface area contributed by atoms with E-state index in [9.17, 15) is 22.8 Å². The highest BCUT2D eigenvalue weighted by atomic mass is 35.5. The predicted molar refractivity (Wildman–Crippen MR) is 82.5 cm³/mol. The molecule has 1 N–H and O–H groups in total. The maximum Gasteiger partial charge on any atom is 0.435 e. The lowest BCUT2D eigenvalue weighted by Crippen LogP contribution is -2.14. The fourth-order valence-corrected chi connectivity index (χ4v) is 2.81. The van der Waals surface area contributed by atoms with Crippen LogP contribution in [0.4, 0.5) is 18.3 Å². The first-order valence-electron chi connectivity index (χ1n) is 6.55. The van der Waals surface area contributed by atoms with Gasteiger partial charge >= 0.3 is 12.1 Å². The van der Waals surface area contributed by atoms with Crippen LogP contribution in [0.15, 0.2) is 24.3 Å². The maximum atomic E-state index is 13.0. The Morgan fingerprint density at radius 3 is 2.58 bits per heavy atom. The van der Waals surface area contributed by atoms with Crippen molar-refractivity contribution in [3.63, 3.8) is 0 Å². The van der Waals surface area contributed by atoms with Crippen molar-refractivity contribution >= 4 is 39.9 Å². The molecular weight excluding hydrogens is 369 g/mol. The number of esters is 1. The summed E-state index contributed by atoms with van der Waals surface area (Å²) in [5.41, 5.74) is -1.33. The molecule has 1 aromatic carbocycles. The molecule has 0 atom stereocenters. The fraction of sp³-hybridized carbons (Fsp3) is 0.214. The van der Waals surface area contributed by atoms with Gasteiger partial charge in [0.1, 0.15) is 4.88 Å². The normalized spacial score (nSPS) is 11.2. The van der Waals surface area contributed by atoms with Gasteiger partial charge in [-0.15, -0.1) is 0 Å². The molecule has 0 bridgehead atoms. The standard InChI is InChI=1S/C14H10ClF3N2O3S/c1-2-23-12(22)9-10(14(16,17)18)19-13(24-9)20-11(21)7-5-3-4-6-8(7)15/h3-6H,2H2,1H3,(H,19,20,21). The Morgan fingerprint density at radius 1 is 1.33 bits per heavy atom. The molecule has 0 aliphatic carbocycles. The topological polar surface area (TPSA) is 68.3 Å². The molecule has 0 radical (unpaired) electrons. The van der Waals surface area contributed by atoms with Gasteiger partial charge in [-0.05, 0) is 19.1 Å². The van der Waals surface area contributed by atoms with Gasteiger partial charge < -0.3 is 4.74 Å². The molecule has 2 aromatic rings. The average molecular weight is 379 g/mol. The van der Waals surface area contributed by atoms with Gasteiger partial charge in [-0.3, -0.25) is 10.1 Å². The van der Waals surface area contributed by atoms with Gasteiger partial charge in [-0.2, -0.15) is 13.2 Å². The van der Waals surface area contributed by atoms with Crippen LogP contribution >= 0.6 is 22.9 Å². The number of nitrogens with one attached hydrogen (secondary N) is 1. The SMILES string of the molecule is CCOC(=O)c1sc(NC(=O)c2ccccc2Cl)nc1C(F)(F)F. The third kappa shape index (κ3) is 4.04. The number of anilines is 1. The van der Waals surface area contributed by atoms with Gasteiger partial charge in [0.05, 0.1) is 17.2 Å². The Morgan fingerprint density at radius 2 is 2.00 bits per heavy atom. The van der Waals surface area contributed by atoms with Crippen LogP contribution in [-0.4, -0.2) is 23.5 Å². The summed E-state index contributed by atoms with van der Waals surface area (Å²) in [5.74, 6) is -1.89. The number of amides is 1. The number of thiazole rings is 1. The highest BCUT2D eigenvalue weighted by Gasteiger charge is 2.40. The van der Waals surface area contributed by atoms with Crippen LogP contribution in [0.1, 0.15) is 32.6 Å². The smallest absolute Gasteiger partial charge is 0.435 e. The lowest BCUT2D eigenvalue weighted by molar-refractivity contribution is -0.141. The molecule has 1 aromatic heterocycles. The lowest BCUT2D eigenvalue weighted by atomic mass is 10.2. The van der Waals surface area contributed by atoms with Crippen LogP contribution in [0.25, 0.3) is 0 Å². The van der Waals surface area contributed by atoms with Gasteiger partial charge in [-0.25, -0.2) is 9.78 Å². The van der Waals surface area contributed by atoms with E-state index in [0.29, 0.717) is 11.3 Å². The van der Waals surface area contributed by atoms with Crippen LogP contribution in [0.3, 0.4) is 0 Å². The van der Waals surface area contributed by atoms with Crippen molar-refractivity contribution in [1.82, 2.24) is 4.98 Å². The molecule has 128 valence electrons. The molecule has 0 spiro atoms. The van der Waals surface area contributed by atoms with E-state index < -0.39 is 28.6 Å². The Balaban J connectivity index is 2.33. The minimum atomic E-state index is -4.86. The molecule has 0 saturated carbocycles. The van der Waals surface area contributed by atoms with Crippen molar-refractivity contribution in [2.45, 2.75) is 13.1 Å². The summed E-state index contributed by atoms with van der Waals surface area (Å²) >= 11 is 6.24. The summed E-state index contributed by atoms with van der Waals surface area (Å²) in [6, 6.07) is 6.02. The van der Waals surface area contributed by atoms with Crippen molar-refractivity contribution in [3.05, 3.63) is 45.4 Å². The summed E-state index contributed by atoms with van der Waals surface area (Å²) in [5, 5.41) is 1.96. The minimum Gasteiger partial charge on any atom is -0.462 e. The third-order valence-electron chi connectivity index (χ3n) is 2.70. The zero-order chi connectivity index (χ0) is 17.9. The highest BCUT2D eigenvalue weighted by Crippen LogP contribution is 2.36. The van der Waals surface area contributed by atoms with Gasteiger partial charge in [-0.1, -0.05) is 35.1 Å². The first-order chi connectivity index (χ1) is 11.2. The van der Waals surface area contributed by atoms with Crippen LogP contribution in [0.5, 0.6) is 0 Å². The van der Waals surface area contributed by atoms with E-state index in [1.165, 1.54) is 19.1 Å². The molecular formula is C14H10ClF3N2O3S. The molecule has 0 aliphatic heterocycles. The van der Waals surface area contributed by atoms with Gasteiger partial charge in [0.2, 0.25) is 0 Å². The number of carbonyl (C=O) groups excluding carboxylic acids is 2. The summed E-state index contributed by atoms with van der Waals surface area (Å²) in [7, 11) is 0. The molecule has 0 unspecified atom stereocenters. The third-order valence-corrected chi connectivity index (χ3v) is 3.98. The summed E-state index contributed by atoms with van der Waals surface area (Å²) in [4.78, 5) is 26.3. The van der Waals surface area contributed by atoms with Crippen molar-refractivity contribution in [3.8, 4) is 0 Å². The number of nitrogens with zero attached hydrogens (tertiary/aromatic N) is 1. The van der Waals surface area contributed by atoms with Crippen LogP contribution < -0.4 is 5.32 Å². The second kappa shape index (κ2) is 7.18. The van der Waals surface area contributed by atoms with Crippen molar-refractivity contribution < 1.29 is 27.5 Å². The molecule has 0 aliphatic rings. The van der Waals surface area contributed by atoms with E-state index in [-0.39, 0.29) is 22.3 Å². The first kappa shape index (κ1) is 18.2. The zero-order valence-electron chi connectivity index (χ0n) is 12.1. The van der Waals surface area contributed by atoms with E-state index in [2.05, 4.69) is 15.0 Å². The summed E-state index contributed by atoms with van der Waals surface area (Å²) in [6.45, 7) is 1.38. The van der Waals surface area contributed by atoms with E-state index in [1.54, 1.807) is 12.1 Å². The van der Waals surface area contributed by atoms with Crippen molar-refractivity contribution in [2.24, 2.45) is 0 Å². The van der Waals surface area contributed by atoms with Crippen LogP contribution in [0.2, 0.25) is 5.02 Å². The molecule has 1 heterocycles. The molecule has 2 rings (SSSR count). The zero-order valence-corrected chi connectivity index (χ0v) is 13.7. The summed E-state index contributed by atoms with van der Waals surface area (Å²) in [6.07, 6.45) is -4.86. The number of hydrogen-bond acceptors (Lipinski definition) is 5. The van der Waals surface area contributed by atoms with E-state index in [4.69, 9.17) is 11.6 Å². The van der Waals surface area contributed by atoms with E-state index in [0.717, 1.165) is 0 Å². The van der Waals surface area contributed by atoms with Crippen LogP contribution in [0, 0.1) is 0 Å². The predicted octanol–water partition coefficient (Wildman–Crippen LogP) is 4.24. The van der Waals surface area contributed by atoms with Gasteiger partial charge in [0.25, 0.3) is 5.91 Å². The van der Waals surface area contributed by atoms with Crippen molar-refractivity contribution in [2.75, 3.05) is 11.9 Å². The number of ether oxygens (including phenoxy) is 1. The highest BCUT2D eigenvalue weighted by molar-refractivity contribution is 7.17. The quantitative estimate of drug-likeness (QED) is 0.808. The second-order valence-electron chi connectivity index (χ2n) is 4.35. The largest absolute Gasteiger partial charge is 0.462 e. The molecule has 24 heavy (non-hydrogen) atoms. The first-order valence-corrected chi connectivity index (χ1v) is 7.74. The molecule has 1 amide bonds. The number of benzene rings is 1. The van der Waals surface area contributed by atoms with Gasteiger partial charge in [0.15, 0.2) is 10.8 Å². The Hall–Kier alpha value is -2.13. The molecule has 5 nitrogen and oxygen atoms in total. The molecule has 0 saturated heterocycles. The van der Waals surface area contributed by atoms with E-state index >= 15 is 0 Å². The van der Waals surface area contributed by atoms with Gasteiger partial charge in [0, 0.05) is 0 Å². The minimum absolute atomic E-state index is 0.0700. The Labute approximate surface area is 143 Å². The Bertz CT molecular complexity index is 777. The summed E-state index contributed by atoms with van der Waals surface area (Å²) < 4.78 is 43.6. The molecule has 10 heteroatoms.